The summed E-state index contributed by atoms with van der Waals surface area (Å²) in [5.74, 6) is 0. The lowest BCUT2D eigenvalue weighted by Crippen LogP contribution is -1.94. The van der Waals surface area contributed by atoms with Crippen molar-refractivity contribution < 1.29 is 10.2 Å². The second kappa shape index (κ2) is 3.37. The standard InChI is InChI=1S/C8H11NO2/c1-9-7-4-2-6(3-5-7)8(10)11/h2-5,8-11H,1H3. The third kappa shape index (κ3) is 1.93. The summed E-state index contributed by atoms with van der Waals surface area (Å²) in [6, 6.07) is 6.90. The van der Waals surface area contributed by atoms with E-state index in [1.165, 1.54) is 0 Å². The van der Waals surface area contributed by atoms with Crippen molar-refractivity contribution >= 4 is 5.69 Å². The van der Waals surface area contributed by atoms with Gasteiger partial charge in [0.05, 0.1) is 0 Å². The molecule has 11 heavy (non-hydrogen) atoms. The van der Waals surface area contributed by atoms with Gasteiger partial charge < -0.3 is 15.5 Å². The average Bonchev–Trinajstić information content (AvgIpc) is 2.05. The highest BCUT2D eigenvalue weighted by Gasteiger charge is 1.99. The first-order valence-electron chi connectivity index (χ1n) is 3.38. The second-order valence-corrected chi connectivity index (χ2v) is 2.25. The van der Waals surface area contributed by atoms with E-state index in [0.29, 0.717) is 5.56 Å². The quantitative estimate of drug-likeness (QED) is 0.548. The van der Waals surface area contributed by atoms with Crippen LogP contribution in [0.5, 0.6) is 0 Å². The largest absolute Gasteiger partial charge is 0.388 e. The Morgan fingerprint density at radius 1 is 1.18 bits per heavy atom. The number of hydrogen-bond acceptors (Lipinski definition) is 3. The Morgan fingerprint density at radius 3 is 2.09 bits per heavy atom. The highest BCUT2D eigenvalue weighted by Crippen LogP contribution is 2.13. The number of aliphatic hydroxyl groups is 2. The first kappa shape index (κ1) is 8.04. The average molecular weight is 153 g/mol. The molecule has 0 fully saturated rings. The van der Waals surface area contributed by atoms with Crippen molar-refractivity contribution in [3.05, 3.63) is 29.8 Å². The van der Waals surface area contributed by atoms with Crippen molar-refractivity contribution in [2.75, 3.05) is 12.4 Å². The molecule has 0 aliphatic rings. The molecule has 0 aliphatic carbocycles. The molecule has 0 aromatic heterocycles. The molecule has 0 saturated carbocycles. The van der Waals surface area contributed by atoms with Crippen LogP contribution in [0.2, 0.25) is 0 Å². The second-order valence-electron chi connectivity index (χ2n) is 2.25. The highest BCUT2D eigenvalue weighted by molar-refractivity contribution is 5.43. The number of nitrogens with one attached hydrogen (secondary N) is 1. The number of anilines is 1. The summed E-state index contributed by atoms with van der Waals surface area (Å²) < 4.78 is 0. The van der Waals surface area contributed by atoms with E-state index in [0.717, 1.165) is 5.69 Å². The molecule has 0 radical (unpaired) electrons. The fraction of sp³-hybridized carbons (Fsp3) is 0.250. The molecule has 0 spiro atoms. The van der Waals surface area contributed by atoms with E-state index in [-0.39, 0.29) is 0 Å². The zero-order valence-electron chi connectivity index (χ0n) is 6.28. The van der Waals surface area contributed by atoms with Crippen LogP contribution in [-0.4, -0.2) is 17.3 Å². The fourth-order valence-electron chi connectivity index (χ4n) is 0.822. The molecular weight excluding hydrogens is 142 g/mol. The van der Waals surface area contributed by atoms with E-state index in [9.17, 15) is 0 Å². The van der Waals surface area contributed by atoms with Gasteiger partial charge in [0, 0.05) is 18.3 Å². The van der Waals surface area contributed by atoms with Gasteiger partial charge in [0.2, 0.25) is 0 Å². The summed E-state index contributed by atoms with van der Waals surface area (Å²) in [6.07, 6.45) is -1.37. The van der Waals surface area contributed by atoms with Crippen LogP contribution < -0.4 is 5.32 Å². The van der Waals surface area contributed by atoms with Gasteiger partial charge in [0.15, 0.2) is 6.29 Å². The normalized spacial score (nSPS) is 10.2. The van der Waals surface area contributed by atoms with Crippen molar-refractivity contribution in [2.24, 2.45) is 0 Å². The van der Waals surface area contributed by atoms with Gasteiger partial charge in [-0.3, -0.25) is 0 Å². The Morgan fingerprint density at radius 2 is 1.73 bits per heavy atom. The molecule has 1 aromatic carbocycles. The van der Waals surface area contributed by atoms with Crippen molar-refractivity contribution in [3.63, 3.8) is 0 Å². The smallest absolute Gasteiger partial charge is 0.178 e. The maximum absolute atomic E-state index is 8.72. The van der Waals surface area contributed by atoms with Crippen molar-refractivity contribution in [3.8, 4) is 0 Å². The Bertz CT molecular complexity index is 218. The van der Waals surface area contributed by atoms with Crippen LogP contribution in [0, 0.1) is 0 Å². The van der Waals surface area contributed by atoms with Gasteiger partial charge in [0.1, 0.15) is 0 Å². The summed E-state index contributed by atoms with van der Waals surface area (Å²) in [7, 11) is 1.81. The van der Waals surface area contributed by atoms with Crippen molar-refractivity contribution in [1.29, 1.82) is 0 Å². The van der Waals surface area contributed by atoms with Gasteiger partial charge in [-0.25, -0.2) is 0 Å². The van der Waals surface area contributed by atoms with Crippen LogP contribution in [0.1, 0.15) is 11.9 Å². The molecule has 0 amide bonds. The maximum Gasteiger partial charge on any atom is 0.178 e. The number of hydrogen-bond donors (Lipinski definition) is 3. The Balaban J connectivity index is 2.83. The van der Waals surface area contributed by atoms with Crippen LogP contribution in [0.3, 0.4) is 0 Å². The Labute approximate surface area is 65.3 Å². The Hall–Kier alpha value is -1.06. The minimum absolute atomic E-state index is 0.504. The molecule has 0 heterocycles. The molecule has 3 nitrogen and oxygen atoms in total. The molecule has 0 aliphatic heterocycles. The molecule has 3 N–H and O–H groups in total. The molecule has 1 rings (SSSR count). The molecule has 1 aromatic rings. The SMILES string of the molecule is CNc1ccc(C(O)O)cc1. The van der Waals surface area contributed by atoms with Gasteiger partial charge >= 0.3 is 0 Å². The topological polar surface area (TPSA) is 52.5 Å². The van der Waals surface area contributed by atoms with Crippen LogP contribution in [0.25, 0.3) is 0 Å². The van der Waals surface area contributed by atoms with E-state index in [4.69, 9.17) is 10.2 Å². The van der Waals surface area contributed by atoms with E-state index < -0.39 is 6.29 Å². The number of benzene rings is 1. The van der Waals surface area contributed by atoms with Gasteiger partial charge in [-0.15, -0.1) is 0 Å². The fourth-order valence-corrected chi connectivity index (χ4v) is 0.822. The summed E-state index contributed by atoms with van der Waals surface area (Å²) in [4.78, 5) is 0. The summed E-state index contributed by atoms with van der Waals surface area (Å²) in [5.41, 5.74) is 1.46. The first-order valence-corrected chi connectivity index (χ1v) is 3.38. The summed E-state index contributed by atoms with van der Waals surface area (Å²) in [6.45, 7) is 0. The van der Waals surface area contributed by atoms with Crippen LogP contribution in [0.4, 0.5) is 5.69 Å². The van der Waals surface area contributed by atoms with Gasteiger partial charge in [-0.2, -0.15) is 0 Å². The molecule has 60 valence electrons. The molecule has 0 saturated heterocycles. The van der Waals surface area contributed by atoms with Crippen LogP contribution in [-0.2, 0) is 0 Å². The maximum atomic E-state index is 8.72. The molecule has 0 bridgehead atoms. The zero-order valence-corrected chi connectivity index (χ0v) is 6.28. The van der Waals surface area contributed by atoms with Gasteiger partial charge in [-0.05, 0) is 12.1 Å². The van der Waals surface area contributed by atoms with Gasteiger partial charge in [0.25, 0.3) is 0 Å². The number of rotatable bonds is 2. The monoisotopic (exact) mass is 153 g/mol. The predicted molar refractivity (Wildman–Crippen MR) is 43.2 cm³/mol. The van der Waals surface area contributed by atoms with E-state index >= 15 is 0 Å². The third-order valence-corrected chi connectivity index (χ3v) is 1.50. The van der Waals surface area contributed by atoms with Crippen molar-refractivity contribution in [2.45, 2.75) is 6.29 Å². The molecule has 0 unspecified atom stereocenters. The number of aliphatic hydroxyl groups excluding tert-OH is 1. The minimum Gasteiger partial charge on any atom is -0.388 e. The Kier molecular flexibility index (Phi) is 2.46. The lowest BCUT2D eigenvalue weighted by molar-refractivity contribution is -0.0424. The summed E-state index contributed by atoms with van der Waals surface area (Å²) >= 11 is 0. The zero-order chi connectivity index (χ0) is 8.27. The molecular formula is C8H11NO2. The van der Waals surface area contributed by atoms with Crippen molar-refractivity contribution in [1.82, 2.24) is 0 Å². The van der Waals surface area contributed by atoms with E-state index in [2.05, 4.69) is 5.32 Å². The third-order valence-electron chi connectivity index (χ3n) is 1.50. The van der Waals surface area contributed by atoms with Gasteiger partial charge in [-0.1, -0.05) is 12.1 Å². The van der Waals surface area contributed by atoms with Crippen LogP contribution >= 0.6 is 0 Å². The predicted octanol–water partition coefficient (Wildman–Crippen LogP) is 0.711. The van der Waals surface area contributed by atoms with E-state index in [1.807, 2.05) is 7.05 Å². The first-order chi connectivity index (χ1) is 5.24. The highest BCUT2D eigenvalue weighted by atomic mass is 16.5. The summed E-state index contributed by atoms with van der Waals surface area (Å²) in [5, 5.41) is 20.4. The lowest BCUT2D eigenvalue weighted by atomic mass is 10.2. The minimum atomic E-state index is -1.37. The molecule has 0 atom stereocenters. The van der Waals surface area contributed by atoms with E-state index in [1.54, 1.807) is 24.3 Å². The van der Waals surface area contributed by atoms with Crippen LogP contribution in [0.15, 0.2) is 24.3 Å². The molecule has 3 heteroatoms. The lowest BCUT2D eigenvalue weighted by Gasteiger charge is -2.04.